The quantitative estimate of drug-likeness (QED) is 0.534. The van der Waals surface area contributed by atoms with E-state index in [0.717, 1.165) is 0 Å². The lowest BCUT2D eigenvalue weighted by molar-refractivity contribution is -0.384. The van der Waals surface area contributed by atoms with Crippen LogP contribution >= 0.6 is 0 Å². The van der Waals surface area contributed by atoms with Gasteiger partial charge in [-0.2, -0.15) is 0 Å². The Balaban J connectivity index is 2.44. The lowest BCUT2D eigenvalue weighted by atomic mass is 10.3. The predicted octanol–water partition coefficient (Wildman–Crippen LogP) is 0.545. The monoisotopic (exact) mass is 218 g/mol. The number of hydrogen-bond donors (Lipinski definition) is 0. The highest BCUT2D eigenvalue weighted by Crippen LogP contribution is 2.16. The molecule has 0 atom stereocenters. The number of hydrogen-bond acceptors (Lipinski definition) is 7. The third-order valence-electron chi connectivity index (χ3n) is 1.76. The van der Waals surface area contributed by atoms with Gasteiger partial charge in [-0.15, -0.1) is 20.4 Å². The standard InChI is InChI=1S/C8H6N6O2/c1-5-10-12-8(13-11-5)7-4-6(14(15)16)2-3-9-7/h2-4H,1H3. The van der Waals surface area contributed by atoms with Crippen molar-refractivity contribution >= 4 is 5.69 Å². The summed E-state index contributed by atoms with van der Waals surface area (Å²) in [4.78, 5) is 13.9. The van der Waals surface area contributed by atoms with Gasteiger partial charge in [0.2, 0.25) is 5.82 Å². The van der Waals surface area contributed by atoms with Gasteiger partial charge in [0.25, 0.3) is 5.69 Å². The molecular weight excluding hydrogens is 212 g/mol. The van der Waals surface area contributed by atoms with E-state index in [1.54, 1.807) is 6.92 Å². The number of aryl methyl sites for hydroxylation is 1. The third kappa shape index (κ3) is 1.95. The van der Waals surface area contributed by atoms with Crippen molar-refractivity contribution in [2.24, 2.45) is 0 Å². The molecule has 0 radical (unpaired) electrons. The van der Waals surface area contributed by atoms with Crippen LogP contribution in [-0.4, -0.2) is 30.3 Å². The highest BCUT2D eigenvalue weighted by molar-refractivity contribution is 5.52. The van der Waals surface area contributed by atoms with E-state index < -0.39 is 4.92 Å². The van der Waals surface area contributed by atoms with Gasteiger partial charge in [-0.3, -0.25) is 15.1 Å². The van der Waals surface area contributed by atoms with Crippen LogP contribution in [0.2, 0.25) is 0 Å². The Labute approximate surface area is 89.5 Å². The number of nitro groups is 1. The molecule has 2 rings (SSSR count). The van der Waals surface area contributed by atoms with Gasteiger partial charge in [-0.05, 0) is 6.92 Å². The van der Waals surface area contributed by atoms with Crippen LogP contribution in [0.15, 0.2) is 18.3 Å². The summed E-state index contributed by atoms with van der Waals surface area (Å²) in [6.07, 6.45) is 1.32. The molecule has 2 aromatic rings. The highest BCUT2D eigenvalue weighted by Gasteiger charge is 2.10. The normalized spacial score (nSPS) is 10.1. The number of pyridine rings is 1. The van der Waals surface area contributed by atoms with Gasteiger partial charge in [-0.25, -0.2) is 0 Å². The zero-order valence-electron chi connectivity index (χ0n) is 8.23. The van der Waals surface area contributed by atoms with Crippen molar-refractivity contribution in [3.63, 3.8) is 0 Å². The number of aromatic nitrogens is 5. The van der Waals surface area contributed by atoms with Crippen molar-refractivity contribution in [1.82, 2.24) is 25.4 Å². The van der Waals surface area contributed by atoms with Crippen molar-refractivity contribution in [2.75, 3.05) is 0 Å². The molecule has 0 bridgehead atoms. The first-order valence-electron chi connectivity index (χ1n) is 4.31. The Morgan fingerprint density at radius 1 is 1.25 bits per heavy atom. The minimum Gasteiger partial charge on any atom is -0.258 e. The van der Waals surface area contributed by atoms with E-state index in [0.29, 0.717) is 5.82 Å². The predicted molar refractivity (Wildman–Crippen MR) is 52.2 cm³/mol. The highest BCUT2D eigenvalue weighted by atomic mass is 16.6. The van der Waals surface area contributed by atoms with Crippen molar-refractivity contribution < 1.29 is 4.92 Å². The van der Waals surface area contributed by atoms with E-state index >= 15 is 0 Å². The number of rotatable bonds is 2. The third-order valence-corrected chi connectivity index (χ3v) is 1.76. The molecule has 2 heterocycles. The van der Waals surface area contributed by atoms with E-state index in [2.05, 4.69) is 25.4 Å². The zero-order valence-corrected chi connectivity index (χ0v) is 8.23. The van der Waals surface area contributed by atoms with Crippen LogP contribution in [-0.2, 0) is 0 Å². The molecule has 0 saturated heterocycles. The molecule has 0 aromatic carbocycles. The van der Waals surface area contributed by atoms with E-state index in [-0.39, 0.29) is 17.2 Å². The lowest BCUT2D eigenvalue weighted by Gasteiger charge is -1.96. The maximum Gasteiger partial charge on any atom is 0.273 e. The van der Waals surface area contributed by atoms with Crippen LogP contribution < -0.4 is 0 Å². The summed E-state index contributed by atoms with van der Waals surface area (Å²) < 4.78 is 0. The van der Waals surface area contributed by atoms with Gasteiger partial charge in [-0.1, -0.05) is 0 Å². The summed E-state index contributed by atoms with van der Waals surface area (Å²) in [6.45, 7) is 1.64. The molecule has 0 aliphatic heterocycles. The topological polar surface area (TPSA) is 108 Å². The summed E-state index contributed by atoms with van der Waals surface area (Å²) in [7, 11) is 0. The van der Waals surface area contributed by atoms with Crippen molar-refractivity contribution in [1.29, 1.82) is 0 Å². The fourth-order valence-corrected chi connectivity index (χ4v) is 1.04. The Hall–Kier alpha value is -2.51. The second-order valence-electron chi connectivity index (χ2n) is 2.93. The van der Waals surface area contributed by atoms with E-state index in [4.69, 9.17) is 0 Å². The van der Waals surface area contributed by atoms with Gasteiger partial charge in [0.15, 0.2) is 5.82 Å². The van der Waals surface area contributed by atoms with Crippen molar-refractivity contribution in [3.8, 4) is 11.5 Å². The van der Waals surface area contributed by atoms with Crippen LogP contribution in [0.5, 0.6) is 0 Å². The summed E-state index contributed by atoms with van der Waals surface area (Å²) in [6, 6.07) is 2.56. The molecule has 0 amide bonds. The fraction of sp³-hybridized carbons (Fsp3) is 0.125. The molecule has 0 spiro atoms. The molecule has 0 fully saturated rings. The maximum atomic E-state index is 10.5. The average Bonchev–Trinajstić information content (AvgIpc) is 2.30. The second kappa shape index (κ2) is 3.93. The molecule has 0 aliphatic rings. The summed E-state index contributed by atoms with van der Waals surface area (Å²) >= 11 is 0. The molecule has 2 aromatic heterocycles. The minimum atomic E-state index is -0.514. The van der Waals surface area contributed by atoms with Gasteiger partial charge < -0.3 is 0 Å². The van der Waals surface area contributed by atoms with Crippen LogP contribution in [0.3, 0.4) is 0 Å². The van der Waals surface area contributed by atoms with E-state index in [1.807, 2.05) is 0 Å². The summed E-state index contributed by atoms with van der Waals surface area (Å²) in [5.41, 5.74) is 0.198. The molecule has 0 N–H and O–H groups in total. The van der Waals surface area contributed by atoms with Gasteiger partial charge >= 0.3 is 0 Å². The second-order valence-corrected chi connectivity index (χ2v) is 2.93. The molecule has 80 valence electrons. The van der Waals surface area contributed by atoms with Crippen LogP contribution in [0.4, 0.5) is 5.69 Å². The largest absolute Gasteiger partial charge is 0.273 e. The smallest absolute Gasteiger partial charge is 0.258 e. The Morgan fingerprint density at radius 3 is 2.56 bits per heavy atom. The maximum absolute atomic E-state index is 10.5. The minimum absolute atomic E-state index is 0.0748. The summed E-state index contributed by atoms with van der Waals surface area (Å²) in [5.74, 6) is 0.587. The Kier molecular flexibility index (Phi) is 2.46. The first-order chi connectivity index (χ1) is 7.66. The van der Waals surface area contributed by atoms with E-state index in [9.17, 15) is 10.1 Å². The van der Waals surface area contributed by atoms with E-state index in [1.165, 1.54) is 18.3 Å². The summed E-state index contributed by atoms with van der Waals surface area (Å²) in [5, 5.41) is 25.4. The molecule has 8 heteroatoms. The Morgan fingerprint density at radius 2 is 1.94 bits per heavy atom. The molecule has 16 heavy (non-hydrogen) atoms. The lowest BCUT2D eigenvalue weighted by Crippen LogP contribution is -2.00. The first-order valence-corrected chi connectivity index (χ1v) is 4.31. The van der Waals surface area contributed by atoms with Crippen LogP contribution in [0.25, 0.3) is 11.5 Å². The van der Waals surface area contributed by atoms with Gasteiger partial charge in [0.1, 0.15) is 5.69 Å². The Bertz CT molecular complexity index is 526. The molecule has 0 saturated carbocycles. The number of nitrogens with zero attached hydrogens (tertiary/aromatic N) is 6. The molecule has 0 aliphatic carbocycles. The SMILES string of the molecule is Cc1nnc(-c2cc([N+](=O)[O-])ccn2)nn1. The van der Waals surface area contributed by atoms with Crippen LogP contribution in [0, 0.1) is 17.0 Å². The molecule has 0 unspecified atom stereocenters. The molecular formula is C8H6N6O2. The average molecular weight is 218 g/mol. The van der Waals surface area contributed by atoms with Crippen LogP contribution in [0.1, 0.15) is 5.82 Å². The zero-order chi connectivity index (χ0) is 11.5. The molecule has 8 nitrogen and oxygen atoms in total. The van der Waals surface area contributed by atoms with Gasteiger partial charge in [0, 0.05) is 18.3 Å². The van der Waals surface area contributed by atoms with Crippen molar-refractivity contribution in [2.45, 2.75) is 6.92 Å². The van der Waals surface area contributed by atoms with Gasteiger partial charge in [0.05, 0.1) is 4.92 Å². The van der Waals surface area contributed by atoms with Crippen molar-refractivity contribution in [3.05, 3.63) is 34.3 Å². The fourth-order valence-electron chi connectivity index (χ4n) is 1.04. The first kappa shape index (κ1) is 10.0.